The van der Waals surface area contributed by atoms with Crippen molar-refractivity contribution in [2.24, 2.45) is 0 Å². The molecule has 4 heteroatoms. The highest BCUT2D eigenvalue weighted by atomic mass is 35.5. The van der Waals surface area contributed by atoms with Gasteiger partial charge in [-0.05, 0) is 49.6 Å². The Labute approximate surface area is 142 Å². The first kappa shape index (κ1) is 17.4. The van der Waals surface area contributed by atoms with Crippen molar-refractivity contribution >= 4 is 17.5 Å². The van der Waals surface area contributed by atoms with E-state index in [1.165, 1.54) is 0 Å². The highest BCUT2D eigenvalue weighted by Gasteiger charge is 2.05. The SMILES string of the molecule is Cc1cccc(CC(=O)NCCOc2cc(C)c(Cl)c(C)c2)c1. The summed E-state index contributed by atoms with van der Waals surface area (Å²) in [4.78, 5) is 11.9. The normalized spacial score (nSPS) is 10.4. The highest BCUT2D eigenvalue weighted by molar-refractivity contribution is 6.32. The van der Waals surface area contributed by atoms with Crippen LogP contribution in [0.1, 0.15) is 22.3 Å². The van der Waals surface area contributed by atoms with Gasteiger partial charge in [0.25, 0.3) is 0 Å². The molecule has 2 rings (SSSR count). The number of nitrogens with one attached hydrogen (secondary N) is 1. The predicted octanol–water partition coefficient (Wildman–Crippen LogP) is 4.00. The van der Waals surface area contributed by atoms with Gasteiger partial charge in [-0.1, -0.05) is 41.4 Å². The molecule has 2 aromatic rings. The van der Waals surface area contributed by atoms with Gasteiger partial charge < -0.3 is 10.1 Å². The molecule has 0 aromatic heterocycles. The Hall–Kier alpha value is -2.00. The number of ether oxygens (including phenoxy) is 1. The second-order valence-electron chi connectivity index (χ2n) is 5.74. The van der Waals surface area contributed by atoms with Gasteiger partial charge in [0.2, 0.25) is 5.91 Å². The number of benzene rings is 2. The van der Waals surface area contributed by atoms with E-state index in [1.54, 1.807) is 0 Å². The summed E-state index contributed by atoms with van der Waals surface area (Å²) in [6, 6.07) is 11.8. The van der Waals surface area contributed by atoms with Crippen molar-refractivity contribution in [2.45, 2.75) is 27.2 Å². The number of rotatable bonds is 6. The number of hydrogen-bond acceptors (Lipinski definition) is 2. The van der Waals surface area contributed by atoms with E-state index in [0.29, 0.717) is 19.6 Å². The Kier molecular flexibility index (Phi) is 6.05. The zero-order valence-electron chi connectivity index (χ0n) is 13.8. The Bertz CT molecular complexity index is 675. The van der Waals surface area contributed by atoms with Gasteiger partial charge in [-0.15, -0.1) is 0 Å². The first-order valence-corrected chi connectivity index (χ1v) is 8.05. The van der Waals surface area contributed by atoms with Gasteiger partial charge in [0.1, 0.15) is 12.4 Å². The molecule has 0 saturated carbocycles. The summed E-state index contributed by atoms with van der Waals surface area (Å²) >= 11 is 6.13. The fourth-order valence-electron chi connectivity index (χ4n) is 2.42. The topological polar surface area (TPSA) is 38.3 Å². The molecule has 0 saturated heterocycles. The average molecular weight is 332 g/mol. The minimum Gasteiger partial charge on any atom is -0.492 e. The van der Waals surface area contributed by atoms with Gasteiger partial charge in [-0.3, -0.25) is 4.79 Å². The standard InChI is InChI=1S/C19H22ClNO2/c1-13-5-4-6-16(9-13)12-18(22)21-7-8-23-17-10-14(2)19(20)15(3)11-17/h4-6,9-11H,7-8,12H2,1-3H3,(H,21,22). The third kappa shape index (κ3) is 5.29. The van der Waals surface area contributed by atoms with Crippen molar-refractivity contribution < 1.29 is 9.53 Å². The van der Waals surface area contributed by atoms with Crippen LogP contribution < -0.4 is 10.1 Å². The van der Waals surface area contributed by atoms with Crippen LogP contribution in [-0.2, 0) is 11.2 Å². The van der Waals surface area contributed by atoms with Crippen LogP contribution in [0.5, 0.6) is 5.75 Å². The molecule has 1 N–H and O–H groups in total. The smallest absolute Gasteiger partial charge is 0.224 e. The lowest BCUT2D eigenvalue weighted by atomic mass is 10.1. The van der Waals surface area contributed by atoms with Gasteiger partial charge in [0.05, 0.1) is 13.0 Å². The Morgan fingerprint density at radius 3 is 2.48 bits per heavy atom. The maximum atomic E-state index is 11.9. The number of amides is 1. The van der Waals surface area contributed by atoms with Gasteiger partial charge in [0, 0.05) is 5.02 Å². The van der Waals surface area contributed by atoms with E-state index in [9.17, 15) is 4.79 Å². The zero-order valence-corrected chi connectivity index (χ0v) is 14.5. The lowest BCUT2D eigenvalue weighted by Gasteiger charge is -2.11. The minimum atomic E-state index is 0.00247. The molecule has 0 aliphatic heterocycles. The van der Waals surface area contributed by atoms with E-state index in [4.69, 9.17) is 16.3 Å². The highest BCUT2D eigenvalue weighted by Crippen LogP contribution is 2.25. The molecule has 0 unspecified atom stereocenters. The Morgan fingerprint density at radius 1 is 1.13 bits per heavy atom. The first-order chi connectivity index (χ1) is 11.0. The van der Waals surface area contributed by atoms with Crippen molar-refractivity contribution in [3.05, 3.63) is 63.7 Å². The summed E-state index contributed by atoms with van der Waals surface area (Å²) in [5.74, 6) is 0.778. The van der Waals surface area contributed by atoms with Crippen molar-refractivity contribution in [3.63, 3.8) is 0 Å². The minimum absolute atomic E-state index is 0.00247. The number of aryl methyl sites for hydroxylation is 3. The summed E-state index contributed by atoms with van der Waals surface area (Å²) < 4.78 is 5.67. The van der Waals surface area contributed by atoms with E-state index in [1.807, 2.05) is 57.2 Å². The van der Waals surface area contributed by atoms with Gasteiger partial charge >= 0.3 is 0 Å². The molecule has 0 atom stereocenters. The Morgan fingerprint density at radius 2 is 1.83 bits per heavy atom. The molecule has 0 radical (unpaired) electrons. The van der Waals surface area contributed by atoms with Gasteiger partial charge in [-0.2, -0.15) is 0 Å². The van der Waals surface area contributed by atoms with Crippen molar-refractivity contribution in [2.75, 3.05) is 13.2 Å². The molecular formula is C19H22ClNO2. The van der Waals surface area contributed by atoms with Crippen LogP contribution in [0.15, 0.2) is 36.4 Å². The third-order valence-electron chi connectivity index (χ3n) is 3.55. The fourth-order valence-corrected chi connectivity index (χ4v) is 2.53. The van der Waals surface area contributed by atoms with E-state index in [-0.39, 0.29) is 5.91 Å². The number of carbonyl (C=O) groups is 1. The lowest BCUT2D eigenvalue weighted by Crippen LogP contribution is -2.29. The summed E-state index contributed by atoms with van der Waals surface area (Å²) in [7, 11) is 0. The second kappa shape index (κ2) is 8.02. The molecule has 122 valence electrons. The van der Waals surface area contributed by atoms with Crippen molar-refractivity contribution in [1.82, 2.24) is 5.32 Å². The van der Waals surface area contributed by atoms with Crippen LogP contribution in [0.2, 0.25) is 5.02 Å². The average Bonchev–Trinajstić information content (AvgIpc) is 2.49. The third-order valence-corrected chi connectivity index (χ3v) is 4.15. The van der Waals surface area contributed by atoms with Crippen molar-refractivity contribution in [3.8, 4) is 5.75 Å². The largest absolute Gasteiger partial charge is 0.492 e. The maximum Gasteiger partial charge on any atom is 0.224 e. The molecular weight excluding hydrogens is 310 g/mol. The van der Waals surface area contributed by atoms with Gasteiger partial charge in [0.15, 0.2) is 0 Å². The van der Waals surface area contributed by atoms with E-state index >= 15 is 0 Å². The summed E-state index contributed by atoms with van der Waals surface area (Å²) in [6.07, 6.45) is 0.390. The summed E-state index contributed by atoms with van der Waals surface area (Å²) in [5, 5.41) is 3.64. The summed E-state index contributed by atoms with van der Waals surface area (Å²) in [5.41, 5.74) is 4.16. The van der Waals surface area contributed by atoms with Crippen LogP contribution in [-0.4, -0.2) is 19.1 Å². The maximum absolute atomic E-state index is 11.9. The van der Waals surface area contributed by atoms with E-state index in [0.717, 1.165) is 33.0 Å². The second-order valence-corrected chi connectivity index (χ2v) is 6.11. The Balaban J connectivity index is 1.76. The van der Waals surface area contributed by atoms with Crippen LogP contribution in [0.25, 0.3) is 0 Å². The molecule has 0 aliphatic rings. The predicted molar refractivity (Wildman–Crippen MR) is 94.3 cm³/mol. The molecule has 0 aliphatic carbocycles. The molecule has 0 spiro atoms. The molecule has 2 aromatic carbocycles. The van der Waals surface area contributed by atoms with Crippen LogP contribution in [0.3, 0.4) is 0 Å². The monoisotopic (exact) mass is 331 g/mol. The number of halogens is 1. The number of hydrogen-bond donors (Lipinski definition) is 1. The quantitative estimate of drug-likeness (QED) is 0.812. The summed E-state index contributed by atoms with van der Waals surface area (Å²) in [6.45, 7) is 6.83. The van der Waals surface area contributed by atoms with Gasteiger partial charge in [-0.25, -0.2) is 0 Å². The first-order valence-electron chi connectivity index (χ1n) is 7.67. The molecule has 0 fully saturated rings. The zero-order chi connectivity index (χ0) is 16.8. The fraction of sp³-hybridized carbons (Fsp3) is 0.316. The van der Waals surface area contributed by atoms with E-state index < -0.39 is 0 Å². The van der Waals surface area contributed by atoms with Crippen LogP contribution in [0.4, 0.5) is 0 Å². The van der Waals surface area contributed by atoms with E-state index in [2.05, 4.69) is 5.32 Å². The molecule has 0 bridgehead atoms. The molecule has 23 heavy (non-hydrogen) atoms. The van der Waals surface area contributed by atoms with Crippen molar-refractivity contribution in [1.29, 1.82) is 0 Å². The van der Waals surface area contributed by atoms with Crippen LogP contribution >= 0.6 is 11.6 Å². The molecule has 1 amide bonds. The number of carbonyl (C=O) groups excluding carboxylic acids is 1. The molecule has 0 heterocycles. The molecule has 3 nitrogen and oxygen atoms in total. The van der Waals surface area contributed by atoms with Crippen LogP contribution in [0, 0.1) is 20.8 Å². The lowest BCUT2D eigenvalue weighted by molar-refractivity contribution is -0.120.